The number of rotatable bonds is 8. The second-order valence-corrected chi connectivity index (χ2v) is 5.47. The molecule has 0 unspecified atom stereocenters. The fourth-order valence-electron chi connectivity index (χ4n) is 2.19. The van der Waals surface area contributed by atoms with Gasteiger partial charge in [-0.3, -0.25) is 0 Å². The molecule has 0 aliphatic rings. The molecule has 2 aromatic carbocycles. The zero-order chi connectivity index (χ0) is 18.9. The highest BCUT2D eigenvalue weighted by Crippen LogP contribution is 2.35. The zero-order valence-corrected chi connectivity index (χ0v) is 15.6. The van der Waals surface area contributed by atoms with E-state index < -0.39 is 6.03 Å². The van der Waals surface area contributed by atoms with Crippen LogP contribution in [0.1, 0.15) is 0 Å². The Kier molecular flexibility index (Phi) is 7.23. The van der Waals surface area contributed by atoms with Crippen LogP contribution in [0.4, 0.5) is 10.5 Å². The smallest absolute Gasteiger partial charge is 0.319 e. The molecule has 2 rings (SSSR count). The molecule has 2 N–H and O–H groups in total. The van der Waals surface area contributed by atoms with E-state index in [0.29, 0.717) is 40.3 Å². The van der Waals surface area contributed by atoms with Gasteiger partial charge >= 0.3 is 6.03 Å². The maximum atomic E-state index is 12.1. The monoisotopic (exact) mass is 380 g/mol. The topological polar surface area (TPSA) is 78.1 Å². The molecule has 7 nitrogen and oxygen atoms in total. The molecule has 0 aromatic heterocycles. The van der Waals surface area contributed by atoms with Gasteiger partial charge in [0.25, 0.3) is 0 Å². The summed E-state index contributed by atoms with van der Waals surface area (Å²) in [6, 6.07) is 10.0. The van der Waals surface area contributed by atoms with Crippen LogP contribution < -0.4 is 29.6 Å². The van der Waals surface area contributed by atoms with Crippen LogP contribution in [0.5, 0.6) is 23.0 Å². The Bertz CT molecular complexity index is 754. The van der Waals surface area contributed by atoms with Crippen LogP contribution in [0.25, 0.3) is 0 Å². The van der Waals surface area contributed by atoms with Gasteiger partial charge < -0.3 is 29.6 Å². The molecule has 0 radical (unpaired) electrons. The number of hydrogen-bond donors (Lipinski definition) is 2. The Morgan fingerprint density at radius 2 is 1.62 bits per heavy atom. The lowest BCUT2D eigenvalue weighted by Gasteiger charge is -2.14. The Balaban J connectivity index is 1.87. The van der Waals surface area contributed by atoms with Crippen molar-refractivity contribution in [3.63, 3.8) is 0 Å². The molecule has 0 heterocycles. The third-order valence-electron chi connectivity index (χ3n) is 3.44. The predicted octanol–water partition coefficient (Wildman–Crippen LogP) is 3.57. The fraction of sp³-hybridized carbons (Fsp3) is 0.278. The number of anilines is 1. The summed E-state index contributed by atoms with van der Waals surface area (Å²) in [4.78, 5) is 12.1. The summed E-state index contributed by atoms with van der Waals surface area (Å²) < 4.78 is 21.2. The standard InChI is InChI=1S/C18H21ClN2O5/c1-23-14-6-4-5-7-15(14)26-9-8-20-18(22)21-13-11-16(24-2)12(19)10-17(13)25-3/h4-7,10-11H,8-9H2,1-3H3,(H2,20,21,22). The molecule has 0 fully saturated rings. The second kappa shape index (κ2) is 9.62. The van der Waals surface area contributed by atoms with Crippen molar-refractivity contribution < 1.29 is 23.7 Å². The first-order valence-electron chi connectivity index (χ1n) is 7.81. The highest BCUT2D eigenvalue weighted by Gasteiger charge is 2.12. The van der Waals surface area contributed by atoms with E-state index in [1.165, 1.54) is 14.2 Å². The molecule has 26 heavy (non-hydrogen) atoms. The van der Waals surface area contributed by atoms with Crippen LogP contribution in [0.2, 0.25) is 5.02 Å². The Labute approximate surface area is 157 Å². The zero-order valence-electron chi connectivity index (χ0n) is 14.8. The van der Waals surface area contributed by atoms with E-state index in [4.69, 9.17) is 30.5 Å². The number of benzene rings is 2. The fourth-order valence-corrected chi connectivity index (χ4v) is 2.42. The summed E-state index contributed by atoms with van der Waals surface area (Å²) in [6.07, 6.45) is 0. The summed E-state index contributed by atoms with van der Waals surface area (Å²) in [5.41, 5.74) is 0.442. The number of amides is 2. The Hall–Kier alpha value is -2.80. The number of para-hydroxylation sites is 2. The molecule has 140 valence electrons. The van der Waals surface area contributed by atoms with Gasteiger partial charge in [-0.05, 0) is 12.1 Å². The molecule has 0 saturated heterocycles. The van der Waals surface area contributed by atoms with Gasteiger partial charge in [-0.1, -0.05) is 23.7 Å². The van der Waals surface area contributed by atoms with Gasteiger partial charge in [-0.15, -0.1) is 0 Å². The highest BCUT2D eigenvalue weighted by molar-refractivity contribution is 6.32. The molecule has 0 bridgehead atoms. The maximum Gasteiger partial charge on any atom is 0.319 e. The summed E-state index contributed by atoms with van der Waals surface area (Å²) in [5.74, 6) is 2.11. The van der Waals surface area contributed by atoms with Crippen molar-refractivity contribution in [1.82, 2.24) is 5.32 Å². The van der Waals surface area contributed by atoms with Gasteiger partial charge in [-0.2, -0.15) is 0 Å². The van der Waals surface area contributed by atoms with Crippen LogP contribution in [-0.4, -0.2) is 40.5 Å². The summed E-state index contributed by atoms with van der Waals surface area (Å²) in [6.45, 7) is 0.589. The molecular weight excluding hydrogens is 360 g/mol. The van der Waals surface area contributed by atoms with Crippen LogP contribution in [0, 0.1) is 0 Å². The van der Waals surface area contributed by atoms with Crippen molar-refractivity contribution in [3.8, 4) is 23.0 Å². The third kappa shape index (κ3) is 5.10. The van der Waals surface area contributed by atoms with E-state index in [1.54, 1.807) is 31.4 Å². The minimum absolute atomic E-state index is 0.287. The normalized spacial score (nSPS) is 10.0. The third-order valence-corrected chi connectivity index (χ3v) is 3.73. The molecule has 0 spiro atoms. The van der Waals surface area contributed by atoms with E-state index in [0.717, 1.165) is 0 Å². The summed E-state index contributed by atoms with van der Waals surface area (Å²) >= 11 is 6.04. The van der Waals surface area contributed by atoms with Crippen molar-refractivity contribution in [2.45, 2.75) is 0 Å². The van der Waals surface area contributed by atoms with Gasteiger partial charge in [0.1, 0.15) is 18.1 Å². The molecule has 0 saturated carbocycles. The maximum absolute atomic E-state index is 12.1. The van der Waals surface area contributed by atoms with Crippen LogP contribution >= 0.6 is 11.6 Å². The van der Waals surface area contributed by atoms with Crippen molar-refractivity contribution in [1.29, 1.82) is 0 Å². The number of carbonyl (C=O) groups is 1. The van der Waals surface area contributed by atoms with Crippen LogP contribution in [0.3, 0.4) is 0 Å². The van der Waals surface area contributed by atoms with Crippen LogP contribution in [0.15, 0.2) is 36.4 Å². The average Bonchev–Trinajstić information content (AvgIpc) is 2.66. The molecule has 0 atom stereocenters. The Morgan fingerprint density at radius 1 is 0.962 bits per heavy atom. The first-order valence-corrected chi connectivity index (χ1v) is 8.19. The number of carbonyl (C=O) groups excluding carboxylic acids is 1. The van der Waals surface area contributed by atoms with Crippen molar-refractivity contribution in [2.75, 3.05) is 39.8 Å². The lowest BCUT2D eigenvalue weighted by atomic mass is 10.2. The highest BCUT2D eigenvalue weighted by atomic mass is 35.5. The largest absolute Gasteiger partial charge is 0.495 e. The molecular formula is C18H21ClN2O5. The molecule has 2 amide bonds. The summed E-state index contributed by atoms with van der Waals surface area (Å²) in [5, 5.41) is 5.78. The number of urea groups is 1. The van der Waals surface area contributed by atoms with Gasteiger partial charge in [0.15, 0.2) is 11.5 Å². The molecule has 2 aromatic rings. The lowest BCUT2D eigenvalue weighted by molar-refractivity contribution is 0.246. The minimum Gasteiger partial charge on any atom is -0.495 e. The van der Waals surface area contributed by atoms with Gasteiger partial charge in [0.05, 0.1) is 38.6 Å². The number of nitrogens with one attached hydrogen (secondary N) is 2. The summed E-state index contributed by atoms with van der Waals surface area (Å²) in [7, 11) is 4.55. The Morgan fingerprint density at radius 3 is 2.27 bits per heavy atom. The number of methoxy groups -OCH3 is 3. The van der Waals surface area contributed by atoms with Gasteiger partial charge in [0, 0.05) is 12.1 Å². The quantitative estimate of drug-likeness (QED) is 0.684. The van der Waals surface area contributed by atoms with E-state index in [9.17, 15) is 4.79 Å². The van der Waals surface area contributed by atoms with Crippen LogP contribution in [-0.2, 0) is 0 Å². The predicted molar refractivity (Wildman–Crippen MR) is 100 cm³/mol. The van der Waals surface area contributed by atoms with Gasteiger partial charge in [-0.25, -0.2) is 4.79 Å². The van der Waals surface area contributed by atoms with E-state index in [2.05, 4.69) is 10.6 Å². The average molecular weight is 381 g/mol. The van der Waals surface area contributed by atoms with Crippen molar-refractivity contribution in [2.24, 2.45) is 0 Å². The first kappa shape index (κ1) is 19.5. The molecule has 0 aliphatic carbocycles. The number of halogens is 1. The molecule has 8 heteroatoms. The second-order valence-electron chi connectivity index (χ2n) is 5.07. The van der Waals surface area contributed by atoms with E-state index >= 15 is 0 Å². The van der Waals surface area contributed by atoms with E-state index in [1.807, 2.05) is 12.1 Å². The SMILES string of the molecule is COc1cc(NC(=O)NCCOc2ccccc2OC)c(OC)cc1Cl. The van der Waals surface area contributed by atoms with E-state index in [-0.39, 0.29) is 6.61 Å². The van der Waals surface area contributed by atoms with Crippen molar-refractivity contribution in [3.05, 3.63) is 41.4 Å². The van der Waals surface area contributed by atoms with Gasteiger partial charge in [0.2, 0.25) is 0 Å². The number of ether oxygens (including phenoxy) is 4. The molecule has 0 aliphatic heterocycles. The lowest BCUT2D eigenvalue weighted by Crippen LogP contribution is -2.32. The minimum atomic E-state index is -0.406. The first-order chi connectivity index (χ1) is 12.6. The van der Waals surface area contributed by atoms with Crippen molar-refractivity contribution >= 4 is 23.3 Å². The number of hydrogen-bond acceptors (Lipinski definition) is 5.